The van der Waals surface area contributed by atoms with Crippen molar-refractivity contribution in [3.63, 3.8) is 0 Å². The second-order valence-corrected chi connectivity index (χ2v) is 18.0. The molecule has 0 bridgehead atoms. The Labute approximate surface area is 332 Å². The van der Waals surface area contributed by atoms with Crippen molar-refractivity contribution in [1.82, 2.24) is 9.80 Å². The van der Waals surface area contributed by atoms with Crippen molar-refractivity contribution in [3.05, 3.63) is 131 Å². The van der Waals surface area contributed by atoms with Crippen molar-refractivity contribution >= 4 is 43.2 Å². The summed E-state index contributed by atoms with van der Waals surface area (Å²) < 4.78 is 60.2. The topological polar surface area (TPSA) is 151 Å². The summed E-state index contributed by atoms with van der Waals surface area (Å²) in [6, 6.07) is 32.1. The molecular weight excluding hydrogens is 751 g/mol. The molecule has 300 valence electrons. The molecule has 2 aliphatic heterocycles. The predicted octanol–water partition coefficient (Wildman–Crippen LogP) is 5.17. The van der Waals surface area contributed by atoms with Gasteiger partial charge in [0.1, 0.15) is 0 Å². The normalized spacial score (nSPS) is 14.8. The van der Waals surface area contributed by atoms with E-state index in [1.54, 1.807) is 72.8 Å². The van der Waals surface area contributed by atoms with E-state index < -0.39 is 26.0 Å². The Morgan fingerprint density at radius 2 is 0.964 bits per heavy atom. The van der Waals surface area contributed by atoms with E-state index in [1.165, 1.54) is 15.7 Å². The van der Waals surface area contributed by atoms with E-state index in [4.69, 9.17) is 10.5 Å². The third-order valence-electron chi connectivity index (χ3n) is 9.98. The number of anilines is 2. The third-order valence-corrected chi connectivity index (χ3v) is 13.4. The number of ether oxygens (including phenoxy) is 1. The highest BCUT2D eigenvalue weighted by Gasteiger charge is 2.26. The molecule has 2 heterocycles. The molecule has 4 aromatic rings. The zero-order valence-electron chi connectivity index (χ0n) is 32.0. The lowest BCUT2D eigenvalue weighted by Crippen LogP contribution is -2.37. The second kappa shape index (κ2) is 20.5. The third kappa shape index (κ3) is 12.2. The molecule has 12 nitrogen and oxygen atoms in total. The average Bonchev–Trinajstić information content (AvgIpc) is 3.97. The summed E-state index contributed by atoms with van der Waals surface area (Å²) >= 11 is 0. The van der Waals surface area contributed by atoms with Gasteiger partial charge < -0.3 is 20.3 Å². The van der Waals surface area contributed by atoms with Gasteiger partial charge in [0, 0.05) is 18.7 Å². The van der Waals surface area contributed by atoms with Crippen LogP contribution in [0.25, 0.3) is 0 Å². The SMILES string of the molecule is COC(=O)c1ccc(CN(c2ccccc2)S(=O)(=O)CCN2CCCC2)cc1.NCC(=O)c1ccc(CN(c2ccccc2)S(=O)(=O)CCN2CCCC2)cc1. The molecule has 2 saturated heterocycles. The first-order valence-electron chi connectivity index (χ1n) is 19.0. The van der Waals surface area contributed by atoms with Gasteiger partial charge in [0.15, 0.2) is 5.78 Å². The number of para-hydroxylation sites is 2. The standard InChI is InChI=1S/C21H27N3O3S.C21H26N2O4S/c22-16-21(25)19-10-8-18(9-11-19)17-24(20-6-2-1-3-7-20)28(26,27)15-14-23-12-4-5-13-23;1-27-21(24)19-11-9-18(10-12-19)17-23(20-7-3-2-4-8-20)28(25,26)16-15-22-13-5-6-14-22/h1-3,6-11H,4-5,12-17,22H2;2-4,7-12H,5-6,13-17H2,1H3. The number of Topliss-reactive ketones (excluding diaryl/α,β-unsaturated/α-hetero) is 1. The Morgan fingerprint density at radius 1 is 0.589 bits per heavy atom. The molecule has 0 radical (unpaired) electrons. The number of esters is 1. The van der Waals surface area contributed by atoms with Crippen LogP contribution in [0.3, 0.4) is 0 Å². The average molecular weight is 804 g/mol. The van der Waals surface area contributed by atoms with E-state index in [0.29, 0.717) is 35.6 Å². The summed E-state index contributed by atoms with van der Waals surface area (Å²) in [6.45, 7) is 5.38. The number of rotatable bonds is 17. The molecule has 2 fully saturated rings. The van der Waals surface area contributed by atoms with Gasteiger partial charge in [-0.1, -0.05) is 72.8 Å². The van der Waals surface area contributed by atoms with Crippen LogP contribution >= 0.6 is 0 Å². The van der Waals surface area contributed by atoms with E-state index in [-0.39, 0.29) is 36.9 Å². The molecule has 0 amide bonds. The van der Waals surface area contributed by atoms with E-state index in [0.717, 1.165) is 63.0 Å². The zero-order valence-corrected chi connectivity index (χ0v) is 33.7. The molecule has 6 rings (SSSR count). The first-order chi connectivity index (χ1) is 27.0. The molecule has 0 unspecified atom stereocenters. The van der Waals surface area contributed by atoms with Gasteiger partial charge >= 0.3 is 5.97 Å². The number of hydrogen-bond donors (Lipinski definition) is 1. The Bertz CT molecular complexity index is 1900. The predicted molar refractivity (Wildman–Crippen MR) is 222 cm³/mol. The molecule has 14 heteroatoms. The van der Waals surface area contributed by atoms with Crippen LogP contribution in [0, 0.1) is 0 Å². The quantitative estimate of drug-likeness (QED) is 0.112. The van der Waals surface area contributed by atoms with Gasteiger partial charge in [-0.2, -0.15) is 0 Å². The van der Waals surface area contributed by atoms with E-state index in [2.05, 4.69) is 9.80 Å². The number of likely N-dealkylation sites (tertiary alicyclic amines) is 2. The van der Waals surface area contributed by atoms with Crippen LogP contribution < -0.4 is 14.3 Å². The number of nitrogens with zero attached hydrogens (tertiary/aromatic N) is 4. The number of carbonyl (C=O) groups is 2. The maximum Gasteiger partial charge on any atom is 0.337 e. The first-order valence-corrected chi connectivity index (χ1v) is 22.3. The summed E-state index contributed by atoms with van der Waals surface area (Å²) in [6.07, 6.45) is 4.54. The minimum atomic E-state index is -3.49. The van der Waals surface area contributed by atoms with Gasteiger partial charge in [-0.15, -0.1) is 0 Å². The number of ketones is 1. The molecule has 2 N–H and O–H groups in total. The van der Waals surface area contributed by atoms with Crippen molar-refractivity contribution in [3.8, 4) is 0 Å². The maximum atomic E-state index is 13.1. The number of nitrogens with two attached hydrogens (primary N) is 1. The molecule has 0 saturated carbocycles. The van der Waals surface area contributed by atoms with Gasteiger partial charge in [-0.05, 0) is 99.4 Å². The minimum Gasteiger partial charge on any atom is -0.465 e. The van der Waals surface area contributed by atoms with Crippen LogP contribution in [0.5, 0.6) is 0 Å². The van der Waals surface area contributed by atoms with Gasteiger partial charge in [0.25, 0.3) is 0 Å². The molecule has 0 aliphatic carbocycles. The molecule has 0 spiro atoms. The molecule has 4 aromatic carbocycles. The number of methoxy groups -OCH3 is 1. The van der Waals surface area contributed by atoms with E-state index in [9.17, 15) is 26.4 Å². The maximum absolute atomic E-state index is 13.1. The summed E-state index contributed by atoms with van der Waals surface area (Å²) in [7, 11) is -5.65. The van der Waals surface area contributed by atoms with Crippen LogP contribution in [0.2, 0.25) is 0 Å². The lowest BCUT2D eigenvalue weighted by Gasteiger charge is -2.26. The number of carbonyl (C=O) groups excluding carboxylic acids is 2. The lowest BCUT2D eigenvalue weighted by atomic mass is 10.1. The highest BCUT2D eigenvalue weighted by molar-refractivity contribution is 7.93. The second-order valence-electron chi connectivity index (χ2n) is 13.9. The van der Waals surface area contributed by atoms with Crippen LogP contribution in [0.1, 0.15) is 57.5 Å². The minimum absolute atomic E-state index is 0.0413. The Hall–Kier alpha value is -4.60. The fourth-order valence-corrected chi connectivity index (χ4v) is 9.72. The zero-order chi connectivity index (χ0) is 40.0. The summed E-state index contributed by atoms with van der Waals surface area (Å²) in [4.78, 5) is 27.7. The molecule has 56 heavy (non-hydrogen) atoms. The number of hydrogen-bond acceptors (Lipinski definition) is 10. The number of benzene rings is 4. The van der Waals surface area contributed by atoms with Gasteiger partial charge in [-0.3, -0.25) is 13.4 Å². The molecule has 2 aliphatic rings. The highest BCUT2D eigenvalue weighted by Crippen LogP contribution is 2.24. The van der Waals surface area contributed by atoms with Crippen molar-refractivity contribution in [2.75, 3.05) is 73.0 Å². The van der Waals surface area contributed by atoms with Crippen LogP contribution in [0.15, 0.2) is 109 Å². The molecule has 0 atom stereocenters. The lowest BCUT2D eigenvalue weighted by molar-refractivity contribution is 0.0600. The first kappa shape index (κ1) is 42.5. The van der Waals surface area contributed by atoms with E-state index >= 15 is 0 Å². The van der Waals surface area contributed by atoms with Crippen molar-refractivity contribution in [2.24, 2.45) is 5.73 Å². The van der Waals surface area contributed by atoms with Gasteiger partial charge in [-0.25, -0.2) is 21.6 Å². The monoisotopic (exact) mass is 803 g/mol. The van der Waals surface area contributed by atoms with E-state index in [1.807, 2.05) is 36.4 Å². The van der Waals surface area contributed by atoms with Crippen LogP contribution in [-0.4, -0.2) is 103 Å². The van der Waals surface area contributed by atoms with Crippen molar-refractivity contribution < 1.29 is 31.2 Å². The molecule has 0 aromatic heterocycles. The fourth-order valence-electron chi connectivity index (χ4n) is 6.72. The summed E-state index contributed by atoms with van der Waals surface area (Å²) in [5.41, 5.74) is 9.29. The van der Waals surface area contributed by atoms with Crippen molar-refractivity contribution in [2.45, 2.75) is 38.8 Å². The van der Waals surface area contributed by atoms with Gasteiger partial charge in [0.05, 0.1) is 55.2 Å². The Kier molecular flexibility index (Phi) is 15.6. The summed E-state index contributed by atoms with van der Waals surface area (Å²) in [5.74, 6) is -0.372. The Balaban J connectivity index is 0.000000214. The van der Waals surface area contributed by atoms with Crippen LogP contribution in [0.4, 0.5) is 11.4 Å². The molecular formula is C42H53N5O7S2. The Morgan fingerprint density at radius 3 is 1.32 bits per heavy atom. The number of sulfonamides is 2. The van der Waals surface area contributed by atoms with Crippen molar-refractivity contribution in [1.29, 1.82) is 0 Å². The summed E-state index contributed by atoms with van der Waals surface area (Å²) in [5, 5.41) is 0. The largest absolute Gasteiger partial charge is 0.465 e. The van der Waals surface area contributed by atoms with Crippen LogP contribution in [-0.2, 0) is 37.9 Å². The highest BCUT2D eigenvalue weighted by atomic mass is 32.2. The fraction of sp³-hybridized carbons (Fsp3) is 0.381. The van der Waals surface area contributed by atoms with Gasteiger partial charge in [0.2, 0.25) is 20.0 Å². The smallest absolute Gasteiger partial charge is 0.337 e.